The molecule has 0 saturated carbocycles. The van der Waals surface area contributed by atoms with Crippen molar-refractivity contribution in [1.29, 1.82) is 0 Å². The minimum atomic E-state index is -1.53. The Kier molecular flexibility index (Phi) is 3.82. The molecule has 1 aromatic rings. The summed E-state index contributed by atoms with van der Waals surface area (Å²) < 4.78 is 4.20. The largest absolute Gasteiger partial charge is 0.463 e. The molecule has 0 saturated heterocycles. The van der Waals surface area contributed by atoms with Gasteiger partial charge in [0.15, 0.2) is 0 Å². The monoisotopic (exact) mass is 228 g/mol. The van der Waals surface area contributed by atoms with E-state index in [-0.39, 0.29) is 5.56 Å². The molecule has 1 atom stereocenters. The Balaban J connectivity index is 2.89. The van der Waals surface area contributed by atoms with Crippen molar-refractivity contribution in [2.45, 2.75) is 6.10 Å². The zero-order chi connectivity index (χ0) is 11.4. The third kappa shape index (κ3) is 2.78. The summed E-state index contributed by atoms with van der Waals surface area (Å²) >= 11 is 5.67. The fraction of sp³-hybridized carbons (Fsp3) is 0.200. The van der Waals surface area contributed by atoms with E-state index in [4.69, 9.17) is 11.6 Å². The molecular weight excluding hydrogens is 220 g/mol. The summed E-state index contributed by atoms with van der Waals surface area (Å²) in [6, 6.07) is 6.08. The van der Waals surface area contributed by atoms with Gasteiger partial charge in [-0.15, -0.1) is 0 Å². The number of aliphatic hydroxyl groups excluding tert-OH is 1. The number of ketones is 1. The highest BCUT2D eigenvalue weighted by Gasteiger charge is 2.25. The van der Waals surface area contributed by atoms with Crippen LogP contribution in [0.3, 0.4) is 0 Å². The Bertz CT molecular complexity index is 389. The summed E-state index contributed by atoms with van der Waals surface area (Å²) in [6.45, 7) is 0. The smallest absolute Gasteiger partial charge is 0.377 e. The van der Waals surface area contributed by atoms with Crippen LogP contribution in [-0.2, 0) is 14.3 Å². The number of Topliss-reactive ketones (excluding diaryl/α,β-unsaturated/α-hetero) is 1. The fourth-order valence-electron chi connectivity index (χ4n) is 1.04. The van der Waals surface area contributed by atoms with Crippen LogP contribution in [0.5, 0.6) is 0 Å². The number of aliphatic hydroxyl groups is 1. The van der Waals surface area contributed by atoms with Crippen LogP contribution in [0.15, 0.2) is 24.3 Å². The van der Waals surface area contributed by atoms with Crippen LogP contribution >= 0.6 is 11.6 Å². The zero-order valence-corrected chi connectivity index (χ0v) is 8.69. The first-order valence-corrected chi connectivity index (χ1v) is 4.49. The third-order valence-corrected chi connectivity index (χ3v) is 2.03. The predicted molar refractivity (Wildman–Crippen MR) is 53.4 cm³/mol. The maximum absolute atomic E-state index is 11.2. The molecule has 0 radical (unpaired) electrons. The minimum Gasteiger partial charge on any atom is -0.463 e. The normalized spacial score (nSPS) is 11.9. The number of hydrogen-bond donors (Lipinski definition) is 1. The second kappa shape index (κ2) is 4.91. The lowest BCUT2D eigenvalue weighted by Crippen LogP contribution is -2.23. The van der Waals surface area contributed by atoms with Gasteiger partial charge < -0.3 is 9.84 Å². The molecule has 0 fully saturated rings. The van der Waals surface area contributed by atoms with Gasteiger partial charge in [0.1, 0.15) is 6.10 Å². The quantitative estimate of drug-likeness (QED) is 0.622. The topological polar surface area (TPSA) is 63.6 Å². The lowest BCUT2D eigenvalue weighted by molar-refractivity contribution is -0.155. The first-order valence-electron chi connectivity index (χ1n) is 4.12. The van der Waals surface area contributed by atoms with Crippen molar-refractivity contribution in [1.82, 2.24) is 0 Å². The van der Waals surface area contributed by atoms with E-state index in [0.29, 0.717) is 5.02 Å². The first-order chi connectivity index (χ1) is 7.06. The average Bonchev–Trinajstić information content (AvgIpc) is 2.26. The number of ether oxygens (including phenoxy) is 1. The van der Waals surface area contributed by atoms with E-state index < -0.39 is 17.9 Å². The molecule has 0 bridgehead atoms. The Morgan fingerprint density at radius 2 is 2.13 bits per heavy atom. The van der Waals surface area contributed by atoms with Crippen LogP contribution in [-0.4, -0.2) is 24.0 Å². The number of methoxy groups -OCH3 is 1. The molecule has 15 heavy (non-hydrogen) atoms. The molecule has 1 N–H and O–H groups in total. The van der Waals surface area contributed by atoms with Crippen LogP contribution in [0.25, 0.3) is 0 Å². The summed E-state index contributed by atoms with van der Waals surface area (Å²) in [5.74, 6) is -2.10. The van der Waals surface area contributed by atoms with Crippen LogP contribution in [0.2, 0.25) is 5.02 Å². The van der Waals surface area contributed by atoms with Crippen molar-refractivity contribution in [3.63, 3.8) is 0 Å². The van der Waals surface area contributed by atoms with E-state index >= 15 is 0 Å². The minimum absolute atomic E-state index is 0.262. The van der Waals surface area contributed by atoms with Gasteiger partial charge in [0.25, 0.3) is 5.78 Å². The molecule has 5 heteroatoms. The molecule has 0 aliphatic heterocycles. The summed E-state index contributed by atoms with van der Waals surface area (Å²) in [6.07, 6.45) is -1.53. The molecule has 80 valence electrons. The number of carbonyl (C=O) groups is 2. The highest BCUT2D eigenvalue weighted by molar-refractivity contribution is 6.35. The summed E-state index contributed by atoms with van der Waals surface area (Å²) in [4.78, 5) is 22.1. The van der Waals surface area contributed by atoms with E-state index in [1.165, 1.54) is 12.1 Å². The standard InChI is InChI=1S/C10H9ClO4/c1-15-10(14)9(13)8(12)6-3-2-4-7(11)5-6/h2-5,8,12H,1H3. The van der Waals surface area contributed by atoms with Gasteiger partial charge in [0.2, 0.25) is 0 Å². The molecule has 4 nitrogen and oxygen atoms in total. The van der Waals surface area contributed by atoms with Crippen LogP contribution in [0.1, 0.15) is 11.7 Å². The zero-order valence-electron chi connectivity index (χ0n) is 7.94. The number of hydrogen-bond acceptors (Lipinski definition) is 4. The maximum atomic E-state index is 11.2. The van der Waals surface area contributed by atoms with Gasteiger partial charge in [0.05, 0.1) is 7.11 Å². The number of halogens is 1. The third-order valence-electron chi connectivity index (χ3n) is 1.80. The Morgan fingerprint density at radius 1 is 1.47 bits per heavy atom. The molecule has 0 heterocycles. The molecule has 1 unspecified atom stereocenters. The maximum Gasteiger partial charge on any atom is 0.377 e. The van der Waals surface area contributed by atoms with E-state index in [9.17, 15) is 14.7 Å². The summed E-state index contributed by atoms with van der Waals surface area (Å²) in [5.41, 5.74) is 0.262. The lowest BCUT2D eigenvalue weighted by Gasteiger charge is -2.08. The van der Waals surface area contributed by atoms with Gasteiger partial charge in [-0.05, 0) is 17.7 Å². The Labute approximate surface area is 91.4 Å². The van der Waals surface area contributed by atoms with Crippen LogP contribution < -0.4 is 0 Å². The van der Waals surface area contributed by atoms with Gasteiger partial charge in [-0.2, -0.15) is 0 Å². The summed E-state index contributed by atoms with van der Waals surface area (Å²) in [5, 5.41) is 9.88. The number of esters is 1. The Hall–Kier alpha value is -1.39. The van der Waals surface area contributed by atoms with Crippen molar-refractivity contribution < 1.29 is 19.4 Å². The van der Waals surface area contributed by atoms with Gasteiger partial charge in [-0.3, -0.25) is 4.79 Å². The number of carbonyl (C=O) groups excluding carboxylic acids is 2. The van der Waals surface area contributed by atoms with Crippen LogP contribution in [0, 0.1) is 0 Å². The van der Waals surface area contributed by atoms with Crippen molar-refractivity contribution >= 4 is 23.4 Å². The SMILES string of the molecule is COC(=O)C(=O)C(O)c1cccc(Cl)c1. The summed E-state index contributed by atoms with van der Waals surface area (Å²) in [7, 11) is 1.07. The van der Waals surface area contributed by atoms with E-state index in [2.05, 4.69) is 4.74 Å². The van der Waals surface area contributed by atoms with Gasteiger partial charge in [-0.1, -0.05) is 23.7 Å². The van der Waals surface area contributed by atoms with E-state index in [0.717, 1.165) is 7.11 Å². The first kappa shape index (κ1) is 11.7. The van der Waals surface area contributed by atoms with Crippen molar-refractivity contribution in [2.75, 3.05) is 7.11 Å². The van der Waals surface area contributed by atoms with Crippen molar-refractivity contribution in [3.8, 4) is 0 Å². The van der Waals surface area contributed by atoms with Crippen LogP contribution in [0.4, 0.5) is 0 Å². The fourth-order valence-corrected chi connectivity index (χ4v) is 1.24. The second-order valence-electron chi connectivity index (χ2n) is 2.81. The molecule has 0 aromatic heterocycles. The molecule has 0 aliphatic rings. The lowest BCUT2D eigenvalue weighted by atomic mass is 10.1. The predicted octanol–water partition coefficient (Wildman–Crippen LogP) is 1.12. The van der Waals surface area contributed by atoms with Crippen molar-refractivity contribution in [3.05, 3.63) is 34.9 Å². The highest BCUT2D eigenvalue weighted by atomic mass is 35.5. The molecule has 1 aromatic carbocycles. The number of rotatable bonds is 3. The van der Waals surface area contributed by atoms with Crippen molar-refractivity contribution in [2.24, 2.45) is 0 Å². The van der Waals surface area contributed by atoms with Gasteiger partial charge in [0, 0.05) is 5.02 Å². The van der Waals surface area contributed by atoms with E-state index in [1.54, 1.807) is 12.1 Å². The second-order valence-corrected chi connectivity index (χ2v) is 3.25. The highest BCUT2D eigenvalue weighted by Crippen LogP contribution is 2.18. The average molecular weight is 229 g/mol. The van der Waals surface area contributed by atoms with Gasteiger partial charge >= 0.3 is 5.97 Å². The molecule has 0 amide bonds. The number of benzene rings is 1. The molecule has 0 spiro atoms. The Morgan fingerprint density at radius 3 is 2.67 bits per heavy atom. The molecule has 0 aliphatic carbocycles. The van der Waals surface area contributed by atoms with E-state index in [1.807, 2.05) is 0 Å². The molecule has 1 rings (SSSR count). The molecular formula is C10H9ClO4. The van der Waals surface area contributed by atoms with Gasteiger partial charge in [-0.25, -0.2) is 4.79 Å².